The molecule has 1 N–H and O–H groups in total. The molecular formula is C21H20N6OS. The van der Waals surface area contributed by atoms with Crippen LogP contribution in [0.25, 0.3) is 16.2 Å². The van der Waals surface area contributed by atoms with Crippen LogP contribution in [0, 0.1) is 6.92 Å². The van der Waals surface area contributed by atoms with E-state index in [1.54, 1.807) is 12.4 Å². The SMILES string of the molecule is Cc1ccccc1-c1nc(C(=O)NC2CCN(c3nccn4ccnc34)C2)cs1. The summed E-state index contributed by atoms with van der Waals surface area (Å²) in [6.07, 6.45) is 8.20. The summed E-state index contributed by atoms with van der Waals surface area (Å²) in [4.78, 5) is 28.4. The van der Waals surface area contributed by atoms with E-state index in [0.717, 1.165) is 40.6 Å². The highest BCUT2D eigenvalue weighted by atomic mass is 32.1. The summed E-state index contributed by atoms with van der Waals surface area (Å²) < 4.78 is 1.95. The molecule has 0 saturated carbocycles. The van der Waals surface area contributed by atoms with E-state index in [2.05, 4.69) is 38.2 Å². The molecule has 8 heteroatoms. The maximum absolute atomic E-state index is 12.7. The van der Waals surface area contributed by atoms with Crippen LogP contribution >= 0.6 is 11.3 Å². The summed E-state index contributed by atoms with van der Waals surface area (Å²) in [7, 11) is 0. The molecule has 1 atom stereocenters. The van der Waals surface area contributed by atoms with E-state index in [9.17, 15) is 4.79 Å². The topological polar surface area (TPSA) is 75.4 Å². The minimum Gasteiger partial charge on any atom is -0.351 e. The van der Waals surface area contributed by atoms with Crippen molar-refractivity contribution in [2.75, 3.05) is 18.0 Å². The van der Waals surface area contributed by atoms with Gasteiger partial charge in [0.25, 0.3) is 5.91 Å². The number of carbonyl (C=O) groups excluding carboxylic acids is 1. The Kier molecular flexibility index (Phi) is 4.48. The highest BCUT2D eigenvalue weighted by Gasteiger charge is 2.27. The van der Waals surface area contributed by atoms with Crippen molar-refractivity contribution in [3.63, 3.8) is 0 Å². The predicted octanol–water partition coefficient (Wildman–Crippen LogP) is 3.17. The van der Waals surface area contributed by atoms with Crippen LogP contribution in [-0.4, -0.2) is 44.4 Å². The van der Waals surface area contributed by atoms with Crippen LogP contribution in [-0.2, 0) is 0 Å². The van der Waals surface area contributed by atoms with Gasteiger partial charge in [-0.25, -0.2) is 15.0 Å². The van der Waals surface area contributed by atoms with Gasteiger partial charge in [-0.15, -0.1) is 11.3 Å². The van der Waals surface area contributed by atoms with Crippen molar-refractivity contribution < 1.29 is 4.79 Å². The normalized spacial score (nSPS) is 16.4. The molecule has 4 heterocycles. The fraction of sp³-hybridized carbons (Fsp3) is 0.238. The van der Waals surface area contributed by atoms with E-state index in [1.807, 2.05) is 40.4 Å². The lowest BCUT2D eigenvalue weighted by Crippen LogP contribution is -2.37. The molecule has 0 bridgehead atoms. The molecule has 1 fully saturated rings. The number of imidazole rings is 1. The number of nitrogens with one attached hydrogen (secondary N) is 1. The van der Waals surface area contributed by atoms with E-state index >= 15 is 0 Å². The Morgan fingerprint density at radius 2 is 2.03 bits per heavy atom. The number of thiazole rings is 1. The third kappa shape index (κ3) is 3.36. The van der Waals surface area contributed by atoms with Crippen molar-refractivity contribution in [3.8, 4) is 10.6 Å². The highest BCUT2D eigenvalue weighted by Crippen LogP contribution is 2.27. The second-order valence-electron chi connectivity index (χ2n) is 7.17. The maximum atomic E-state index is 12.7. The molecule has 1 aromatic carbocycles. The second kappa shape index (κ2) is 7.29. The Bertz CT molecular complexity index is 1180. The average molecular weight is 404 g/mol. The number of anilines is 1. The number of benzene rings is 1. The van der Waals surface area contributed by atoms with Crippen molar-refractivity contribution in [1.82, 2.24) is 24.7 Å². The molecule has 1 saturated heterocycles. The summed E-state index contributed by atoms with van der Waals surface area (Å²) in [5.41, 5.74) is 3.53. The zero-order chi connectivity index (χ0) is 19.8. The van der Waals surface area contributed by atoms with E-state index in [1.165, 1.54) is 11.3 Å². The van der Waals surface area contributed by atoms with Crippen molar-refractivity contribution >= 4 is 28.7 Å². The van der Waals surface area contributed by atoms with Crippen molar-refractivity contribution in [2.24, 2.45) is 0 Å². The number of carbonyl (C=O) groups is 1. The first kappa shape index (κ1) is 17.8. The highest BCUT2D eigenvalue weighted by molar-refractivity contribution is 7.13. The molecule has 0 aliphatic carbocycles. The van der Waals surface area contributed by atoms with Crippen LogP contribution in [0.2, 0.25) is 0 Å². The molecule has 146 valence electrons. The number of amides is 1. The van der Waals surface area contributed by atoms with E-state index in [-0.39, 0.29) is 11.9 Å². The number of fused-ring (bicyclic) bond motifs is 1. The lowest BCUT2D eigenvalue weighted by molar-refractivity contribution is 0.0936. The number of hydrogen-bond donors (Lipinski definition) is 1. The van der Waals surface area contributed by atoms with Gasteiger partial charge in [-0.05, 0) is 18.9 Å². The predicted molar refractivity (Wildman–Crippen MR) is 113 cm³/mol. The summed E-state index contributed by atoms with van der Waals surface area (Å²) >= 11 is 1.50. The summed E-state index contributed by atoms with van der Waals surface area (Å²) in [5, 5.41) is 5.83. The van der Waals surface area contributed by atoms with Gasteiger partial charge >= 0.3 is 0 Å². The third-order valence-corrected chi connectivity index (χ3v) is 6.10. The Labute approximate surface area is 172 Å². The Morgan fingerprint density at radius 1 is 1.21 bits per heavy atom. The smallest absolute Gasteiger partial charge is 0.271 e. The summed E-state index contributed by atoms with van der Waals surface area (Å²) in [6.45, 7) is 3.59. The minimum atomic E-state index is -0.125. The molecule has 4 aromatic rings. The molecule has 1 unspecified atom stereocenters. The van der Waals surface area contributed by atoms with Crippen LogP contribution in [0.3, 0.4) is 0 Å². The molecule has 7 nitrogen and oxygen atoms in total. The molecule has 1 amide bonds. The van der Waals surface area contributed by atoms with Gasteiger partial charge in [0, 0.05) is 54.9 Å². The standard InChI is InChI=1S/C21H20N6OS/c1-14-4-2-3-5-16(14)21-25-17(13-29-21)20(28)24-15-6-9-27(12-15)19-18-22-7-10-26(18)11-8-23-19/h2-5,7-8,10-11,13,15H,6,9,12H2,1H3,(H,24,28). The molecule has 3 aromatic heterocycles. The first-order valence-electron chi connectivity index (χ1n) is 9.54. The van der Waals surface area contributed by atoms with E-state index in [4.69, 9.17) is 0 Å². The summed E-state index contributed by atoms with van der Waals surface area (Å²) in [5.74, 6) is 0.727. The Morgan fingerprint density at radius 3 is 2.90 bits per heavy atom. The molecular weight excluding hydrogens is 384 g/mol. The maximum Gasteiger partial charge on any atom is 0.271 e. The Hall–Kier alpha value is -3.26. The number of aromatic nitrogens is 4. The van der Waals surface area contributed by atoms with Gasteiger partial charge in [0.2, 0.25) is 0 Å². The molecule has 0 spiro atoms. The van der Waals surface area contributed by atoms with Crippen molar-refractivity contribution in [1.29, 1.82) is 0 Å². The lowest BCUT2D eigenvalue weighted by Gasteiger charge is -2.18. The molecule has 1 aliphatic heterocycles. The second-order valence-corrected chi connectivity index (χ2v) is 8.02. The van der Waals surface area contributed by atoms with Crippen LogP contribution in [0.5, 0.6) is 0 Å². The fourth-order valence-electron chi connectivity index (χ4n) is 3.71. The van der Waals surface area contributed by atoms with Gasteiger partial charge in [0.15, 0.2) is 11.5 Å². The Balaban J connectivity index is 1.28. The van der Waals surface area contributed by atoms with Crippen LogP contribution in [0.4, 0.5) is 5.82 Å². The van der Waals surface area contributed by atoms with E-state index in [0.29, 0.717) is 12.2 Å². The first-order chi connectivity index (χ1) is 14.2. The van der Waals surface area contributed by atoms with Crippen LogP contribution in [0.15, 0.2) is 54.4 Å². The largest absolute Gasteiger partial charge is 0.351 e. The average Bonchev–Trinajstić information content (AvgIpc) is 3.48. The quantitative estimate of drug-likeness (QED) is 0.565. The number of nitrogens with zero attached hydrogens (tertiary/aromatic N) is 5. The molecule has 1 aliphatic rings. The zero-order valence-electron chi connectivity index (χ0n) is 15.9. The van der Waals surface area contributed by atoms with Crippen LogP contribution in [0.1, 0.15) is 22.5 Å². The van der Waals surface area contributed by atoms with Crippen LogP contribution < -0.4 is 10.2 Å². The van der Waals surface area contributed by atoms with Gasteiger partial charge < -0.3 is 14.6 Å². The number of hydrogen-bond acceptors (Lipinski definition) is 6. The molecule has 29 heavy (non-hydrogen) atoms. The van der Waals surface area contributed by atoms with E-state index < -0.39 is 0 Å². The summed E-state index contributed by atoms with van der Waals surface area (Å²) in [6, 6.07) is 8.14. The lowest BCUT2D eigenvalue weighted by atomic mass is 10.1. The van der Waals surface area contributed by atoms with Gasteiger partial charge in [-0.2, -0.15) is 0 Å². The first-order valence-corrected chi connectivity index (χ1v) is 10.4. The molecule has 5 rings (SSSR count). The monoisotopic (exact) mass is 404 g/mol. The molecule has 0 radical (unpaired) electrons. The number of aryl methyl sites for hydroxylation is 1. The van der Waals surface area contributed by atoms with Gasteiger partial charge in [0.1, 0.15) is 10.7 Å². The van der Waals surface area contributed by atoms with Gasteiger partial charge in [0.05, 0.1) is 0 Å². The fourth-order valence-corrected chi connectivity index (χ4v) is 4.60. The van der Waals surface area contributed by atoms with Gasteiger partial charge in [-0.1, -0.05) is 24.3 Å². The third-order valence-electron chi connectivity index (χ3n) is 5.23. The number of rotatable bonds is 4. The zero-order valence-corrected chi connectivity index (χ0v) is 16.8. The van der Waals surface area contributed by atoms with Crippen molar-refractivity contribution in [3.05, 3.63) is 65.7 Å². The van der Waals surface area contributed by atoms with Crippen molar-refractivity contribution in [2.45, 2.75) is 19.4 Å². The van der Waals surface area contributed by atoms with Gasteiger partial charge in [-0.3, -0.25) is 4.79 Å². The minimum absolute atomic E-state index is 0.0585.